The number of hydrogen-bond acceptors (Lipinski definition) is 10. The van der Waals surface area contributed by atoms with Crippen LogP contribution in [0.5, 0.6) is 0 Å². The first-order valence-corrected chi connectivity index (χ1v) is 16.8. The molecule has 4 fully saturated rings. The third kappa shape index (κ3) is 7.70. The molecule has 7 rings (SSSR count). The molecule has 0 bridgehead atoms. The van der Waals surface area contributed by atoms with E-state index in [0.29, 0.717) is 37.4 Å². The molecule has 3 aromatic carbocycles. The summed E-state index contributed by atoms with van der Waals surface area (Å²) in [7, 11) is 0. The first-order chi connectivity index (χ1) is 23.9. The minimum Gasteiger partial charge on any atom is -0.445 e. The molecule has 0 saturated carbocycles. The Morgan fingerprint density at radius 2 is 1.65 bits per heavy atom. The zero-order valence-corrected chi connectivity index (χ0v) is 27.2. The van der Waals surface area contributed by atoms with Crippen molar-refractivity contribution >= 4 is 23.6 Å². The molecule has 4 heterocycles. The quantitative estimate of drug-likeness (QED) is 0.320. The number of rotatable bonds is 9. The zero-order valence-electron chi connectivity index (χ0n) is 27.2. The summed E-state index contributed by atoms with van der Waals surface area (Å²) in [4.78, 5) is 42.4. The predicted octanol–water partition coefficient (Wildman–Crippen LogP) is 4.12. The summed E-state index contributed by atoms with van der Waals surface area (Å²) in [5.41, 5.74) is 3.61. The van der Waals surface area contributed by atoms with Gasteiger partial charge in [-0.05, 0) is 28.8 Å². The molecule has 3 amide bonds. The molecular weight excluding hydrogens is 630 g/mol. The fourth-order valence-corrected chi connectivity index (χ4v) is 6.92. The highest BCUT2D eigenvalue weighted by Crippen LogP contribution is 2.40. The third-order valence-corrected chi connectivity index (χ3v) is 9.56. The normalized spacial score (nSPS) is 25.5. The van der Waals surface area contributed by atoms with E-state index in [1.807, 2.05) is 60.7 Å². The summed E-state index contributed by atoms with van der Waals surface area (Å²) in [6.07, 6.45) is 0.0392. The van der Waals surface area contributed by atoms with Gasteiger partial charge < -0.3 is 39.0 Å². The Labute approximate surface area is 284 Å². The number of nitrogens with zero attached hydrogens (tertiary/aromatic N) is 2. The van der Waals surface area contributed by atoms with Crippen LogP contribution in [-0.2, 0) is 46.5 Å². The number of ether oxygens (including phenoxy) is 5. The Hall–Kier alpha value is -4.17. The van der Waals surface area contributed by atoms with Gasteiger partial charge in [0.2, 0.25) is 5.91 Å². The number of alkyl carbamates (subject to hydrolysis) is 1. The molecule has 4 aliphatic rings. The summed E-state index contributed by atoms with van der Waals surface area (Å²) in [5.74, 6) is -1.44. The number of amides is 3. The van der Waals surface area contributed by atoms with Gasteiger partial charge in [0.1, 0.15) is 12.6 Å². The standard InChI is InChI=1S/C37H41N3O9/c41-23-25-9-11-27(12-10-25)32-20-30(22-39-15-13-37(14-16-39)46-17-18-47-37)48-35(49-32)28-7-4-8-29(19-28)40-33(42)21-31(34(40)43)38-36(44)45-24-26-5-2-1-3-6-26/h1-12,19,30-32,35,41H,13-18,20-24H2,(H,38,44)/t30-,31?,32+,35+/m0/s1. The lowest BCUT2D eigenvalue weighted by Gasteiger charge is -2.42. The van der Waals surface area contributed by atoms with Crippen LogP contribution in [0, 0.1) is 0 Å². The lowest BCUT2D eigenvalue weighted by Crippen LogP contribution is -2.48. The van der Waals surface area contributed by atoms with Gasteiger partial charge in [0.05, 0.1) is 44.1 Å². The lowest BCUT2D eigenvalue weighted by molar-refractivity contribution is -0.255. The summed E-state index contributed by atoms with van der Waals surface area (Å²) in [6.45, 7) is 3.61. The average Bonchev–Trinajstić information content (AvgIpc) is 3.71. The number of aliphatic hydroxyl groups is 1. The second-order valence-electron chi connectivity index (χ2n) is 12.9. The minimum atomic E-state index is -1.04. The maximum Gasteiger partial charge on any atom is 0.408 e. The van der Waals surface area contributed by atoms with Crippen LogP contribution in [0.2, 0.25) is 0 Å². The maximum absolute atomic E-state index is 13.4. The molecule has 2 N–H and O–H groups in total. The molecule has 4 saturated heterocycles. The summed E-state index contributed by atoms with van der Waals surface area (Å²) in [5, 5.41) is 12.1. The fourth-order valence-electron chi connectivity index (χ4n) is 6.92. The van der Waals surface area contributed by atoms with Gasteiger partial charge in [-0.1, -0.05) is 66.7 Å². The highest BCUT2D eigenvalue weighted by molar-refractivity contribution is 6.22. The topological polar surface area (TPSA) is 136 Å². The molecule has 258 valence electrons. The molecule has 0 aliphatic carbocycles. The van der Waals surface area contributed by atoms with Crippen LogP contribution in [0.1, 0.15) is 60.3 Å². The molecule has 0 radical (unpaired) electrons. The number of hydrogen-bond donors (Lipinski definition) is 2. The molecule has 12 heteroatoms. The average molecular weight is 672 g/mol. The third-order valence-electron chi connectivity index (χ3n) is 9.56. The molecule has 49 heavy (non-hydrogen) atoms. The number of nitrogens with one attached hydrogen (secondary N) is 1. The number of carbonyl (C=O) groups excluding carboxylic acids is 3. The number of piperidine rings is 1. The van der Waals surface area contributed by atoms with Crippen molar-refractivity contribution in [2.24, 2.45) is 0 Å². The first-order valence-electron chi connectivity index (χ1n) is 16.8. The fraction of sp³-hybridized carbons (Fsp3) is 0.432. The number of carbonyl (C=O) groups is 3. The van der Waals surface area contributed by atoms with Crippen LogP contribution in [0.3, 0.4) is 0 Å². The van der Waals surface area contributed by atoms with E-state index in [2.05, 4.69) is 10.2 Å². The van der Waals surface area contributed by atoms with E-state index in [-0.39, 0.29) is 31.8 Å². The number of imide groups is 1. The van der Waals surface area contributed by atoms with Gasteiger partial charge in [-0.15, -0.1) is 0 Å². The van der Waals surface area contributed by atoms with Crippen LogP contribution in [0.25, 0.3) is 0 Å². The van der Waals surface area contributed by atoms with E-state index in [1.165, 1.54) is 0 Å². The van der Waals surface area contributed by atoms with E-state index in [4.69, 9.17) is 23.7 Å². The lowest BCUT2D eigenvalue weighted by atomic mass is 9.98. The number of benzene rings is 3. The van der Waals surface area contributed by atoms with E-state index in [0.717, 1.165) is 47.5 Å². The van der Waals surface area contributed by atoms with Crippen LogP contribution in [0.4, 0.5) is 10.5 Å². The smallest absolute Gasteiger partial charge is 0.408 e. The van der Waals surface area contributed by atoms with E-state index < -0.39 is 36.0 Å². The van der Waals surface area contributed by atoms with Crippen molar-refractivity contribution in [3.8, 4) is 0 Å². The van der Waals surface area contributed by atoms with Crippen LogP contribution < -0.4 is 10.2 Å². The highest BCUT2D eigenvalue weighted by atomic mass is 16.7. The van der Waals surface area contributed by atoms with E-state index in [9.17, 15) is 19.5 Å². The summed E-state index contributed by atoms with van der Waals surface area (Å²) >= 11 is 0. The highest BCUT2D eigenvalue weighted by Gasteiger charge is 2.43. The molecule has 1 spiro atoms. The number of likely N-dealkylation sites (tertiary alicyclic amines) is 1. The summed E-state index contributed by atoms with van der Waals surface area (Å²) < 4.78 is 30.2. The Morgan fingerprint density at radius 3 is 2.39 bits per heavy atom. The number of anilines is 1. The second kappa shape index (κ2) is 14.8. The molecule has 4 aliphatic heterocycles. The van der Waals surface area contributed by atoms with Gasteiger partial charge in [0.15, 0.2) is 12.1 Å². The molecule has 12 nitrogen and oxygen atoms in total. The van der Waals surface area contributed by atoms with E-state index in [1.54, 1.807) is 18.2 Å². The van der Waals surface area contributed by atoms with Gasteiger partial charge in [-0.3, -0.25) is 9.59 Å². The van der Waals surface area contributed by atoms with E-state index >= 15 is 0 Å². The van der Waals surface area contributed by atoms with Crippen molar-refractivity contribution in [1.29, 1.82) is 0 Å². The Bertz CT molecular complexity index is 1620. The maximum atomic E-state index is 13.4. The van der Waals surface area contributed by atoms with Crippen LogP contribution in [0.15, 0.2) is 78.9 Å². The van der Waals surface area contributed by atoms with Crippen molar-refractivity contribution in [1.82, 2.24) is 10.2 Å². The van der Waals surface area contributed by atoms with Crippen molar-refractivity contribution in [3.05, 3.63) is 101 Å². The first kappa shape index (κ1) is 33.3. The van der Waals surface area contributed by atoms with Crippen LogP contribution >= 0.6 is 0 Å². The molecule has 0 aromatic heterocycles. The summed E-state index contributed by atoms with van der Waals surface area (Å²) in [6, 6.07) is 22.9. The van der Waals surface area contributed by atoms with Gasteiger partial charge in [-0.2, -0.15) is 0 Å². The van der Waals surface area contributed by atoms with Gasteiger partial charge in [0, 0.05) is 44.5 Å². The Kier molecular flexibility index (Phi) is 10.0. The molecule has 1 unspecified atom stereocenters. The monoisotopic (exact) mass is 671 g/mol. The molecule has 3 aromatic rings. The van der Waals surface area contributed by atoms with Gasteiger partial charge in [0.25, 0.3) is 5.91 Å². The number of aliphatic hydroxyl groups excluding tert-OH is 1. The second-order valence-corrected chi connectivity index (χ2v) is 12.9. The Morgan fingerprint density at radius 1 is 0.898 bits per heavy atom. The van der Waals surface area contributed by atoms with Crippen LogP contribution in [-0.4, -0.2) is 78.7 Å². The zero-order chi connectivity index (χ0) is 33.8. The SMILES string of the molecule is O=C(NC1CC(=O)N(c2cccc([C@@H]3O[C@H](CN4CCC5(CC4)OCCO5)C[C@H](c4ccc(CO)cc4)O3)c2)C1=O)OCc1ccccc1. The van der Waals surface area contributed by atoms with Crippen molar-refractivity contribution in [2.75, 3.05) is 37.7 Å². The van der Waals surface area contributed by atoms with Crippen molar-refractivity contribution < 1.29 is 43.2 Å². The predicted molar refractivity (Wildman–Crippen MR) is 176 cm³/mol. The minimum absolute atomic E-state index is 0.0453. The molecular formula is C37H41N3O9. The van der Waals surface area contributed by atoms with Gasteiger partial charge in [-0.25, -0.2) is 9.69 Å². The van der Waals surface area contributed by atoms with Gasteiger partial charge >= 0.3 is 6.09 Å². The Balaban J connectivity index is 1.04. The van der Waals surface area contributed by atoms with Crippen molar-refractivity contribution in [2.45, 2.75) is 69.2 Å². The molecule has 4 atom stereocenters. The largest absolute Gasteiger partial charge is 0.445 e. The van der Waals surface area contributed by atoms with Crippen molar-refractivity contribution in [3.63, 3.8) is 0 Å².